The first-order valence-corrected chi connectivity index (χ1v) is 15.5. The number of aromatic nitrogens is 3. The Kier molecular flexibility index (Phi) is 10.1. The van der Waals surface area contributed by atoms with E-state index in [0.29, 0.717) is 48.6 Å². The second kappa shape index (κ2) is 13.5. The molecule has 12 heteroatoms. The van der Waals surface area contributed by atoms with E-state index in [2.05, 4.69) is 30.8 Å². The summed E-state index contributed by atoms with van der Waals surface area (Å²) in [5, 5.41) is 7.11. The highest BCUT2D eigenvalue weighted by Gasteiger charge is 2.32. The molecule has 1 aliphatic heterocycles. The molecule has 1 aromatic carbocycles. The lowest BCUT2D eigenvalue weighted by molar-refractivity contribution is -0.114. The van der Waals surface area contributed by atoms with E-state index >= 15 is 0 Å². The number of rotatable bonds is 7. The Morgan fingerprint density at radius 3 is 2.30 bits per heavy atom. The molecule has 0 aliphatic carbocycles. The van der Waals surface area contributed by atoms with Crippen molar-refractivity contribution < 1.29 is 28.2 Å². The summed E-state index contributed by atoms with van der Waals surface area (Å²) in [6, 6.07) is 8.64. The van der Waals surface area contributed by atoms with Crippen LogP contribution in [0.15, 0.2) is 48.9 Å². The molecule has 1 fully saturated rings. The number of ether oxygens (including phenoxy) is 2. The van der Waals surface area contributed by atoms with Crippen LogP contribution in [0.2, 0.25) is 0 Å². The molecule has 0 spiro atoms. The molecule has 0 bridgehead atoms. The van der Waals surface area contributed by atoms with Crippen molar-refractivity contribution >= 4 is 35.2 Å². The molecule has 248 valence electrons. The van der Waals surface area contributed by atoms with Crippen LogP contribution >= 0.6 is 0 Å². The van der Waals surface area contributed by atoms with E-state index in [4.69, 9.17) is 14.5 Å². The van der Waals surface area contributed by atoms with Gasteiger partial charge in [0.25, 0.3) is 5.91 Å². The highest BCUT2D eigenvalue weighted by molar-refractivity contribution is 6.01. The van der Waals surface area contributed by atoms with Crippen molar-refractivity contribution in [1.29, 1.82) is 0 Å². The fourth-order valence-corrected chi connectivity index (χ4v) is 5.16. The van der Waals surface area contributed by atoms with Gasteiger partial charge in [-0.3, -0.25) is 9.69 Å². The number of anilines is 2. The van der Waals surface area contributed by atoms with Crippen LogP contribution in [0.3, 0.4) is 0 Å². The molecule has 2 aromatic heterocycles. The van der Waals surface area contributed by atoms with Crippen LogP contribution in [-0.2, 0) is 20.8 Å². The second-order valence-electron chi connectivity index (χ2n) is 13.9. The van der Waals surface area contributed by atoms with E-state index in [0.717, 1.165) is 11.3 Å². The lowest BCUT2D eigenvalue weighted by Gasteiger charge is -2.33. The minimum Gasteiger partial charge on any atom is -0.444 e. The number of benzene rings is 1. The predicted octanol–water partition coefficient (Wildman–Crippen LogP) is 7.33. The van der Waals surface area contributed by atoms with E-state index in [1.54, 1.807) is 60.6 Å². The van der Waals surface area contributed by atoms with Crippen LogP contribution in [0.4, 0.5) is 25.5 Å². The van der Waals surface area contributed by atoms with E-state index in [1.165, 1.54) is 4.90 Å². The number of nitrogens with one attached hydrogen (secondary N) is 1. The first kappa shape index (κ1) is 34.4. The molecule has 0 unspecified atom stereocenters. The molecular weight excluding hydrogens is 591 g/mol. The van der Waals surface area contributed by atoms with Gasteiger partial charge in [-0.1, -0.05) is 32.6 Å². The summed E-state index contributed by atoms with van der Waals surface area (Å²) in [6.07, 6.45) is 2.16. The van der Waals surface area contributed by atoms with Crippen molar-refractivity contribution in [3.63, 3.8) is 0 Å². The molecule has 3 aromatic rings. The average Bonchev–Trinajstić information content (AvgIpc) is 3.38. The Bertz CT molecular complexity index is 1610. The molecule has 0 atom stereocenters. The maximum atomic E-state index is 13.9. The first-order chi connectivity index (χ1) is 21.4. The largest absolute Gasteiger partial charge is 0.444 e. The van der Waals surface area contributed by atoms with Gasteiger partial charge in [-0.2, -0.15) is 9.61 Å². The fourth-order valence-electron chi connectivity index (χ4n) is 5.16. The smallest absolute Gasteiger partial charge is 0.416 e. The minimum atomic E-state index is -1.11. The summed E-state index contributed by atoms with van der Waals surface area (Å²) in [7, 11) is 0. The van der Waals surface area contributed by atoms with Gasteiger partial charge in [-0.05, 0) is 78.0 Å². The van der Waals surface area contributed by atoms with Crippen LogP contribution in [0.1, 0.15) is 96.9 Å². The number of amides is 3. The van der Waals surface area contributed by atoms with Gasteiger partial charge in [-0.15, -0.1) is 0 Å². The third-order valence-electron chi connectivity index (χ3n) is 7.35. The van der Waals surface area contributed by atoms with Gasteiger partial charge in [0.2, 0.25) is 0 Å². The maximum Gasteiger partial charge on any atom is 0.416 e. The highest BCUT2D eigenvalue weighted by Crippen LogP contribution is 2.33. The van der Waals surface area contributed by atoms with Gasteiger partial charge in [0.05, 0.1) is 12.7 Å². The Morgan fingerprint density at radius 2 is 1.72 bits per heavy atom. The quantitative estimate of drug-likeness (QED) is 0.270. The third-order valence-corrected chi connectivity index (χ3v) is 7.35. The minimum absolute atomic E-state index is 0.0187. The molecule has 3 amide bonds. The summed E-state index contributed by atoms with van der Waals surface area (Å²) in [5.41, 5.74) is 1.98. The zero-order chi connectivity index (χ0) is 34.0. The predicted molar refractivity (Wildman–Crippen MR) is 175 cm³/mol. The summed E-state index contributed by atoms with van der Waals surface area (Å²) in [4.78, 5) is 46.8. The third kappa shape index (κ3) is 8.61. The average molecular weight is 637 g/mol. The van der Waals surface area contributed by atoms with Crippen LogP contribution in [0.5, 0.6) is 0 Å². The van der Waals surface area contributed by atoms with Crippen molar-refractivity contribution in [1.82, 2.24) is 19.5 Å². The van der Waals surface area contributed by atoms with Gasteiger partial charge < -0.3 is 19.7 Å². The standard InChI is InChI=1S/C34H45FN6O5/c1-21(2)26-19-36-41-28(18-27(38-29(26)41)24-13-15-39(16-14-24)31(43)45-33(4,5)6)40(32(44)46-34(7,8)9)20-23-11-10-12-25(17-23)37-30(42)22(3)35/h10-12,17-19,21,24H,3,13-16,20H2,1-2,4-9H3,(H,37,42). The SMILES string of the molecule is C=C(F)C(=O)Nc1cccc(CN(C(=O)OC(C)(C)C)c2cc(C3CCN(C(=O)OC(C)(C)C)CC3)nc3c(C(C)C)cnn23)c1. The number of hydrogen-bond donors (Lipinski definition) is 1. The number of fused-ring (bicyclic) bond motifs is 1. The number of halogens is 1. The summed E-state index contributed by atoms with van der Waals surface area (Å²) in [5.74, 6) is -1.46. The van der Waals surface area contributed by atoms with E-state index < -0.39 is 29.0 Å². The molecule has 1 aliphatic rings. The van der Waals surface area contributed by atoms with E-state index in [1.807, 2.05) is 26.8 Å². The summed E-state index contributed by atoms with van der Waals surface area (Å²) in [6.45, 7) is 19.2. The van der Waals surface area contributed by atoms with Crippen molar-refractivity contribution in [2.75, 3.05) is 23.3 Å². The number of carbonyl (C=O) groups is 3. The van der Waals surface area contributed by atoms with Crippen molar-refractivity contribution in [3.8, 4) is 0 Å². The normalized spacial score (nSPS) is 14.3. The van der Waals surface area contributed by atoms with E-state index in [9.17, 15) is 18.8 Å². The van der Waals surface area contributed by atoms with Gasteiger partial charge in [-0.25, -0.2) is 19.0 Å². The molecular formula is C34H45FN6O5. The number of likely N-dealkylation sites (tertiary alicyclic amines) is 1. The monoisotopic (exact) mass is 636 g/mol. The Morgan fingerprint density at radius 1 is 1.07 bits per heavy atom. The van der Waals surface area contributed by atoms with Crippen molar-refractivity contribution in [2.24, 2.45) is 0 Å². The Hall–Kier alpha value is -4.48. The van der Waals surface area contributed by atoms with Gasteiger partial charge >= 0.3 is 12.2 Å². The Balaban J connectivity index is 1.75. The molecule has 1 saturated heterocycles. The highest BCUT2D eigenvalue weighted by atomic mass is 19.1. The van der Waals surface area contributed by atoms with Crippen LogP contribution in [0, 0.1) is 0 Å². The number of nitrogens with zero attached hydrogens (tertiary/aromatic N) is 5. The van der Waals surface area contributed by atoms with Gasteiger partial charge in [0.15, 0.2) is 11.5 Å². The zero-order valence-corrected chi connectivity index (χ0v) is 28.0. The van der Waals surface area contributed by atoms with Crippen LogP contribution in [-0.4, -0.2) is 61.9 Å². The number of carbonyl (C=O) groups excluding carboxylic acids is 3. The summed E-state index contributed by atoms with van der Waals surface area (Å²) < 4.78 is 26.5. The number of piperidine rings is 1. The molecule has 0 saturated carbocycles. The molecule has 4 rings (SSSR count). The Labute approximate surface area is 269 Å². The molecule has 11 nitrogen and oxygen atoms in total. The number of hydrogen-bond acceptors (Lipinski definition) is 7. The van der Waals surface area contributed by atoms with Crippen LogP contribution in [0.25, 0.3) is 5.65 Å². The first-order valence-electron chi connectivity index (χ1n) is 15.5. The van der Waals surface area contributed by atoms with Gasteiger partial charge in [0.1, 0.15) is 17.0 Å². The van der Waals surface area contributed by atoms with Crippen molar-refractivity contribution in [2.45, 2.75) is 97.8 Å². The fraction of sp³-hybridized carbons (Fsp3) is 0.500. The maximum absolute atomic E-state index is 13.9. The molecule has 46 heavy (non-hydrogen) atoms. The lowest BCUT2D eigenvalue weighted by atomic mass is 9.93. The zero-order valence-electron chi connectivity index (χ0n) is 28.0. The molecule has 3 heterocycles. The molecule has 0 radical (unpaired) electrons. The van der Waals surface area contributed by atoms with E-state index in [-0.39, 0.29) is 24.5 Å². The van der Waals surface area contributed by atoms with Crippen molar-refractivity contribution in [3.05, 3.63) is 65.8 Å². The topological polar surface area (TPSA) is 118 Å². The molecule has 1 N–H and O–H groups in total. The van der Waals surface area contributed by atoms with Crippen LogP contribution < -0.4 is 10.2 Å². The lowest BCUT2D eigenvalue weighted by Crippen LogP contribution is -2.41. The second-order valence-corrected chi connectivity index (χ2v) is 13.9. The van der Waals surface area contributed by atoms with Gasteiger partial charge in [0, 0.05) is 42.0 Å². The summed E-state index contributed by atoms with van der Waals surface area (Å²) >= 11 is 0.